The molecular weight excluding hydrogens is 362 g/mol. The summed E-state index contributed by atoms with van der Waals surface area (Å²) >= 11 is 0. The fourth-order valence-electron chi connectivity index (χ4n) is 3.49. The van der Waals surface area contributed by atoms with Crippen LogP contribution >= 0.6 is 0 Å². The van der Waals surface area contributed by atoms with Crippen molar-refractivity contribution in [2.75, 3.05) is 7.11 Å². The molecule has 0 aliphatic heterocycles. The molecule has 5 nitrogen and oxygen atoms in total. The summed E-state index contributed by atoms with van der Waals surface area (Å²) in [7, 11) is 1.68. The van der Waals surface area contributed by atoms with E-state index < -0.39 is 0 Å². The Balaban J connectivity index is 1.62. The predicted molar refractivity (Wildman–Crippen MR) is 117 cm³/mol. The molecule has 0 radical (unpaired) electrons. The number of nitrogens with zero attached hydrogens (tertiary/aromatic N) is 3. The summed E-state index contributed by atoms with van der Waals surface area (Å²) in [6.45, 7) is 5.41. The SMILES string of the molecule is CCCn1c(CCCCc2ccc(OC)cc2)nn(Cc2ccc(C)cc2)c1=O. The summed E-state index contributed by atoms with van der Waals surface area (Å²) in [5, 5.41) is 4.66. The average Bonchev–Trinajstić information content (AvgIpc) is 3.02. The van der Waals surface area contributed by atoms with Gasteiger partial charge in [0.05, 0.1) is 13.7 Å². The Labute approximate surface area is 173 Å². The zero-order valence-corrected chi connectivity index (χ0v) is 17.7. The molecule has 29 heavy (non-hydrogen) atoms. The van der Waals surface area contributed by atoms with Crippen molar-refractivity contribution in [3.8, 4) is 5.75 Å². The summed E-state index contributed by atoms with van der Waals surface area (Å²) in [6, 6.07) is 16.5. The molecule has 0 unspecified atom stereocenters. The van der Waals surface area contributed by atoms with Gasteiger partial charge in [-0.3, -0.25) is 4.57 Å². The van der Waals surface area contributed by atoms with Crippen LogP contribution in [0.15, 0.2) is 53.3 Å². The maximum Gasteiger partial charge on any atom is 0.346 e. The molecule has 0 N–H and O–H groups in total. The molecule has 3 aromatic rings. The van der Waals surface area contributed by atoms with E-state index in [0.717, 1.165) is 55.8 Å². The van der Waals surface area contributed by atoms with Gasteiger partial charge in [-0.25, -0.2) is 9.48 Å². The van der Waals surface area contributed by atoms with E-state index >= 15 is 0 Å². The van der Waals surface area contributed by atoms with Gasteiger partial charge in [-0.15, -0.1) is 0 Å². The minimum atomic E-state index is -0.00224. The molecule has 0 fully saturated rings. The highest BCUT2D eigenvalue weighted by Crippen LogP contribution is 2.14. The standard InChI is InChI=1S/C24H31N3O2/c1-4-17-26-23(8-6-5-7-20-13-15-22(29-3)16-14-20)25-27(24(26)28)18-21-11-9-19(2)10-12-21/h9-16H,4-8,17-18H2,1-3H3. The molecule has 2 aromatic carbocycles. The number of benzene rings is 2. The van der Waals surface area contributed by atoms with Crippen molar-refractivity contribution in [1.29, 1.82) is 0 Å². The molecule has 5 heteroatoms. The van der Waals surface area contributed by atoms with Crippen LogP contribution in [0.1, 0.15) is 48.7 Å². The first-order chi connectivity index (χ1) is 14.1. The number of methoxy groups -OCH3 is 1. The highest BCUT2D eigenvalue weighted by Gasteiger charge is 2.13. The molecule has 0 spiro atoms. The van der Waals surface area contributed by atoms with Gasteiger partial charge in [-0.1, -0.05) is 48.9 Å². The molecular formula is C24H31N3O2. The summed E-state index contributed by atoms with van der Waals surface area (Å²) in [6.07, 6.45) is 4.85. The third kappa shape index (κ3) is 5.59. The lowest BCUT2D eigenvalue weighted by molar-refractivity contribution is 0.414. The summed E-state index contributed by atoms with van der Waals surface area (Å²) < 4.78 is 8.67. The second kappa shape index (κ2) is 10.1. The Kier molecular flexibility index (Phi) is 7.28. The summed E-state index contributed by atoms with van der Waals surface area (Å²) in [5.74, 6) is 1.79. The van der Waals surface area contributed by atoms with E-state index in [1.807, 2.05) is 16.7 Å². The third-order valence-electron chi connectivity index (χ3n) is 5.17. The first-order valence-corrected chi connectivity index (χ1v) is 10.5. The van der Waals surface area contributed by atoms with Crippen LogP contribution in [0, 0.1) is 6.92 Å². The third-order valence-corrected chi connectivity index (χ3v) is 5.17. The number of ether oxygens (including phenoxy) is 1. The van der Waals surface area contributed by atoms with E-state index in [2.05, 4.69) is 55.3 Å². The number of aryl methyl sites for hydroxylation is 3. The van der Waals surface area contributed by atoms with Crippen molar-refractivity contribution in [2.45, 2.75) is 59.0 Å². The summed E-state index contributed by atoms with van der Waals surface area (Å²) in [4.78, 5) is 12.8. The largest absolute Gasteiger partial charge is 0.497 e. The lowest BCUT2D eigenvalue weighted by Crippen LogP contribution is -2.26. The van der Waals surface area contributed by atoms with E-state index in [1.165, 1.54) is 11.1 Å². The lowest BCUT2D eigenvalue weighted by Gasteiger charge is -2.05. The number of unbranched alkanes of at least 4 members (excludes halogenated alkanes) is 1. The van der Waals surface area contributed by atoms with Gasteiger partial charge in [-0.2, -0.15) is 5.10 Å². The molecule has 0 amide bonds. The van der Waals surface area contributed by atoms with E-state index in [0.29, 0.717) is 6.54 Å². The fraction of sp³-hybridized carbons (Fsp3) is 0.417. The number of rotatable bonds is 10. The van der Waals surface area contributed by atoms with Crippen LogP contribution in [-0.2, 0) is 25.9 Å². The minimum absolute atomic E-state index is 0.00224. The topological polar surface area (TPSA) is 49.0 Å². The molecule has 3 rings (SSSR count). The zero-order valence-electron chi connectivity index (χ0n) is 17.7. The molecule has 0 aliphatic rings. The fourth-order valence-corrected chi connectivity index (χ4v) is 3.49. The monoisotopic (exact) mass is 393 g/mol. The Bertz CT molecular complexity index is 953. The zero-order chi connectivity index (χ0) is 20.6. The molecule has 0 aliphatic carbocycles. The molecule has 0 saturated heterocycles. The van der Waals surface area contributed by atoms with Crippen LogP contribution in [0.25, 0.3) is 0 Å². The van der Waals surface area contributed by atoms with Gasteiger partial charge < -0.3 is 4.74 Å². The second-order valence-electron chi connectivity index (χ2n) is 7.55. The van der Waals surface area contributed by atoms with Crippen LogP contribution < -0.4 is 10.4 Å². The number of aromatic nitrogens is 3. The number of hydrogen-bond donors (Lipinski definition) is 0. The predicted octanol–water partition coefficient (Wildman–Crippen LogP) is 4.39. The van der Waals surface area contributed by atoms with E-state index in [4.69, 9.17) is 4.74 Å². The molecule has 154 valence electrons. The summed E-state index contributed by atoms with van der Waals surface area (Å²) in [5.41, 5.74) is 3.62. The van der Waals surface area contributed by atoms with Crippen molar-refractivity contribution in [2.24, 2.45) is 0 Å². The van der Waals surface area contributed by atoms with E-state index in [-0.39, 0.29) is 5.69 Å². The smallest absolute Gasteiger partial charge is 0.346 e. The van der Waals surface area contributed by atoms with Crippen molar-refractivity contribution in [1.82, 2.24) is 14.3 Å². The maximum atomic E-state index is 12.8. The molecule has 0 saturated carbocycles. The highest BCUT2D eigenvalue weighted by atomic mass is 16.5. The van der Waals surface area contributed by atoms with Crippen molar-refractivity contribution in [3.05, 3.63) is 81.5 Å². The normalized spacial score (nSPS) is 11.0. The first kappa shape index (κ1) is 20.9. The highest BCUT2D eigenvalue weighted by molar-refractivity contribution is 5.27. The molecule has 0 bridgehead atoms. The first-order valence-electron chi connectivity index (χ1n) is 10.5. The van der Waals surface area contributed by atoms with Crippen LogP contribution in [-0.4, -0.2) is 21.5 Å². The lowest BCUT2D eigenvalue weighted by atomic mass is 10.1. The Morgan fingerprint density at radius 2 is 1.59 bits per heavy atom. The van der Waals surface area contributed by atoms with Crippen molar-refractivity contribution >= 4 is 0 Å². The molecule has 1 aromatic heterocycles. The Morgan fingerprint density at radius 1 is 0.931 bits per heavy atom. The molecule has 0 atom stereocenters. The number of hydrogen-bond acceptors (Lipinski definition) is 3. The Morgan fingerprint density at radius 3 is 2.24 bits per heavy atom. The van der Waals surface area contributed by atoms with E-state index in [1.54, 1.807) is 11.8 Å². The van der Waals surface area contributed by atoms with Gasteiger partial charge in [-0.05, 0) is 55.9 Å². The maximum absolute atomic E-state index is 12.8. The average molecular weight is 394 g/mol. The van der Waals surface area contributed by atoms with Gasteiger partial charge in [0.1, 0.15) is 11.6 Å². The van der Waals surface area contributed by atoms with Crippen LogP contribution in [0.5, 0.6) is 5.75 Å². The van der Waals surface area contributed by atoms with Crippen molar-refractivity contribution < 1.29 is 4.74 Å². The second-order valence-corrected chi connectivity index (χ2v) is 7.55. The van der Waals surface area contributed by atoms with Crippen LogP contribution in [0.2, 0.25) is 0 Å². The van der Waals surface area contributed by atoms with E-state index in [9.17, 15) is 4.79 Å². The quantitative estimate of drug-likeness (QED) is 0.480. The van der Waals surface area contributed by atoms with Crippen LogP contribution in [0.4, 0.5) is 0 Å². The molecule has 1 heterocycles. The van der Waals surface area contributed by atoms with Gasteiger partial charge in [0.2, 0.25) is 0 Å². The van der Waals surface area contributed by atoms with Crippen LogP contribution in [0.3, 0.4) is 0 Å². The van der Waals surface area contributed by atoms with Gasteiger partial charge in [0.15, 0.2) is 0 Å². The van der Waals surface area contributed by atoms with Gasteiger partial charge in [0, 0.05) is 13.0 Å². The Hall–Kier alpha value is -2.82. The van der Waals surface area contributed by atoms with Gasteiger partial charge in [0.25, 0.3) is 0 Å². The van der Waals surface area contributed by atoms with Gasteiger partial charge >= 0.3 is 5.69 Å². The van der Waals surface area contributed by atoms with Crippen molar-refractivity contribution in [3.63, 3.8) is 0 Å². The minimum Gasteiger partial charge on any atom is -0.497 e.